The number of aliphatic imine (C=N–C) groups is 1. The molecule has 1 aliphatic rings. The van der Waals surface area contributed by atoms with E-state index in [4.69, 9.17) is 5.73 Å². The lowest BCUT2D eigenvalue weighted by Gasteiger charge is -2.30. The lowest BCUT2D eigenvalue weighted by Crippen LogP contribution is -2.32. The van der Waals surface area contributed by atoms with E-state index in [1.807, 2.05) is 30.3 Å². The predicted molar refractivity (Wildman–Crippen MR) is 121 cm³/mol. The van der Waals surface area contributed by atoms with Gasteiger partial charge in [-0.1, -0.05) is 49.4 Å². The van der Waals surface area contributed by atoms with Crippen molar-refractivity contribution in [3.63, 3.8) is 0 Å². The topological polar surface area (TPSA) is 53.6 Å². The van der Waals surface area contributed by atoms with E-state index in [0.717, 1.165) is 18.2 Å². The summed E-state index contributed by atoms with van der Waals surface area (Å²) in [6, 6.07) is 18.6. The fraction of sp³-hybridized carbons (Fsp3) is 0.381. The van der Waals surface area contributed by atoms with E-state index in [1.165, 1.54) is 37.1 Å². The van der Waals surface area contributed by atoms with Gasteiger partial charge in [0, 0.05) is 12.2 Å². The standard InChI is InChI=1S/C21H28N4.HI/c1-17-10-12-25(13-11-17)16-19-7-5-6-18(14-19)15-23-21(22)24-20-8-3-2-4-9-20;/h2-9,14,17H,10-13,15-16H2,1H3,(H3,22,23,24);1H. The highest BCUT2D eigenvalue weighted by Gasteiger charge is 2.15. The first-order chi connectivity index (χ1) is 12.2. The molecule has 0 atom stereocenters. The summed E-state index contributed by atoms with van der Waals surface area (Å²) in [5.41, 5.74) is 9.49. The lowest BCUT2D eigenvalue weighted by atomic mass is 9.98. The Balaban J connectivity index is 0.00000243. The summed E-state index contributed by atoms with van der Waals surface area (Å²) >= 11 is 0. The molecule has 4 nitrogen and oxygen atoms in total. The predicted octanol–water partition coefficient (Wildman–Crippen LogP) is 4.46. The van der Waals surface area contributed by atoms with Gasteiger partial charge in [0.2, 0.25) is 0 Å². The Hall–Kier alpha value is -1.60. The van der Waals surface area contributed by atoms with E-state index in [-0.39, 0.29) is 24.0 Å². The minimum atomic E-state index is 0. The van der Waals surface area contributed by atoms with E-state index < -0.39 is 0 Å². The quantitative estimate of drug-likeness (QED) is 0.390. The molecule has 0 amide bonds. The second-order valence-corrected chi connectivity index (χ2v) is 6.97. The van der Waals surface area contributed by atoms with Gasteiger partial charge in [-0.25, -0.2) is 4.99 Å². The van der Waals surface area contributed by atoms with Crippen LogP contribution in [-0.2, 0) is 13.1 Å². The number of benzene rings is 2. The van der Waals surface area contributed by atoms with Gasteiger partial charge in [0.15, 0.2) is 5.96 Å². The Morgan fingerprint density at radius 1 is 1.08 bits per heavy atom. The lowest BCUT2D eigenvalue weighted by molar-refractivity contribution is 0.185. The smallest absolute Gasteiger partial charge is 0.193 e. The van der Waals surface area contributed by atoms with Crippen LogP contribution in [0.2, 0.25) is 0 Å². The molecule has 3 rings (SSSR count). The first-order valence-corrected chi connectivity index (χ1v) is 9.11. The van der Waals surface area contributed by atoms with Gasteiger partial charge in [0.25, 0.3) is 0 Å². The van der Waals surface area contributed by atoms with Crippen molar-refractivity contribution in [3.05, 3.63) is 65.7 Å². The number of hydrogen-bond donors (Lipinski definition) is 2. The molecular formula is C21H29IN4. The largest absolute Gasteiger partial charge is 0.370 e. The molecule has 0 aliphatic carbocycles. The Kier molecular flexibility index (Phi) is 8.38. The van der Waals surface area contributed by atoms with Gasteiger partial charge in [-0.05, 0) is 55.1 Å². The number of nitrogens with one attached hydrogen (secondary N) is 1. The van der Waals surface area contributed by atoms with Crippen LogP contribution in [0, 0.1) is 5.92 Å². The van der Waals surface area contributed by atoms with Crippen LogP contribution >= 0.6 is 24.0 Å². The molecule has 0 unspecified atom stereocenters. The van der Waals surface area contributed by atoms with Crippen molar-refractivity contribution in [1.82, 2.24) is 4.90 Å². The molecule has 0 radical (unpaired) electrons. The van der Waals surface area contributed by atoms with E-state index in [1.54, 1.807) is 0 Å². The summed E-state index contributed by atoms with van der Waals surface area (Å²) < 4.78 is 0. The molecule has 3 N–H and O–H groups in total. The van der Waals surface area contributed by atoms with Crippen molar-refractivity contribution < 1.29 is 0 Å². The highest BCUT2D eigenvalue weighted by Crippen LogP contribution is 2.18. The number of piperidine rings is 1. The maximum Gasteiger partial charge on any atom is 0.193 e. The number of nitrogens with zero attached hydrogens (tertiary/aromatic N) is 2. The van der Waals surface area contributed by atoms with Crippen LogP contribution in [0.4, 0.5) is 5.69 Å². The Morgan fingerprint density at radius 3 is 2.50 bits per heavy atom. The number of hydrogen-bond acceptors (Lipinski definition) is 2. The Bertz CT molecular complexity index is 694. The number of para-hydroxylation sites is 1. The van der Waals surface area contributed by atoms with Crippen LogP contribution in [0.1, 0.15) is 30.9 Å². The fourth-order valence-corrected chi connectivity index (χ4v) is 3.19. The highest BCUT2D eigenvalue weighted by molar-refractivity contribution is 14.0. The second-order valence-electron chi connectivity index (χ2n) is 6.97. The number of anilines is 1. The second kappa shape index (κ2) is 10.5. The summed E-state index contributed by atoms with van der Waals surface area (Å²) in [4.78, 5) is 7.01. The van der Waals surface area contributed by atoms with E-state index >= 15 is 0 Å². The monoisotopic (exact) mass is 464 g/mol. The van der Waals surface area contributed by atoms with Crippen molar-refractivity contribution >= 4 is 35.6 Å². The van der Waals surface area contributed by atoms with Crippen LogP contribution in [0.25, 0.3) is 0 Å². The van der Waals surface area contributed by atoms with E-state index in [0.29, 0.717) is 12.5 Å². The maximum atomic E-state index is 5.98. The molecule has 5 heteroatoms. The zero-order chi connectivity index (χ0) is 17.5. The third-order valence-electron chi connectivity index (χ3n) is 4.75. The van der Waals surface area contributed by atoms with Crippen LogP contribution < -0.4 is 11.1 Å². The van der Waals surface area contributed by atoms with Crippen molar-refractivity contribution in [1.29, 1.82) is 0 Å². The molecule has 2 aromatic carbocycles. The molecule has 140 valence electrons. The average Bonchev–Trinajstić information content (AvgIpc) is 2.63. The van der Waals surface area contributed by atoms with Gasteiger partial charge in [-0.15, -0.1) is 24.0 Å². The first kappa shape index (κ1) is 20.7. The summed E-state index contributed by atoms with van der Waals surface area (Å²) in [6.07, 6.45) is 2.62. The molecule has 0 saturated carbocycles. The molecule has 1 saturated heterocycles. The Labute approximate surface area is 173 Å². The van der Waals surface area contributed by atoms with Crippen LogP contribution in [0.15, 0.2) is 59.6 Å². The van der Waals surface area contributed by atoms with Gasteiger partial charge in [-0.2, -0.15) is 0 Å². The number of nitrogens with two attached hydrogens (primary N) is 1. The summed E-state index contributed by atoms with van der Waals surface area (Å²) in [7, 11) is 0. The van der Waals surface area contributed by atoms with Crippen LogP contribution in [0.3, 0.4) is 0 Å². The fourth-order valence-electron chi connectivity index (χ4n) is 3.19. The third kappa shape index (κ3) is 6.61. The van der Waals surface area contributed by atoms with Crippen molar-refractivity contribution in [3.8, 4) is 0 Å². The Morgan fingerprint density at radius 2 is 1.77 bits per heavy atom. The van der Waals surface area contributed by atoms with Crippen LogP contribution in [0.5, 0.6) is 0 Å². The maximum absolute atomic E-state index is 5.98. The van der Waals surface area contributed by atoms with Crippen molar-refractivity contribution in [2.45, 2.75) is 32.9 Å². The summed E-state index contributed by atoms with van der Waals surface area (Å²) in [5.74, 6) is 1.32. The molecular weight excluding hydrogens is 435 g/mol. The molecule has 1 fully saturated rings. The SMILES string of the molecule is CC1CCN(Cc2cccc(CN=C(N)Nc3ccccc3)c2)CC1.I. The van der Waals surface area contributed by atoms with Gasteiger partial charge in [-0.3, -0.25) is 4.90 Å². The van der Waals surface area contributed by atoms with E-state index in [2.05, 4.69) is 46.4 Å². The van der Waals surface area contributed by atoms with Gasteiger partial charge < -0.3 is 11.1 Å². The van der Waals surface area contributed by atoms with Gasteiger partial charge in [0.05, 0.1) is 6.54 Å². The number of rotatable bonds is 5. The zero-order valence-corrected chi connectivity index (χ0v) is 17.7. The number of likely N-dealkylation sites (tertiary alicyclic amines) is 1. The van der Waals surface area contributed by atoms with Gasteiger partial charge in [0.1, 0.15) is 0 Å². The van der Waals surface area contributed by atoms with Crippen LogP contribution in [-0.4, -0.2) is 23.9 Å². The average molecular weight is 464 g/mol. The third-order valence-corrected chi connectivity index (χ3v) is 4.75. The first-order valence-electron chi connectivity index (χ1n) is 9.11. The summed E-state index contributed by atoms with van der Waals surface area (Å²) in [6.45, 7) is 6.39. The molecule has 26 heavy (non-hydrogen) atoms. The van der Waals surface area contributed by atoms with Gasteiger partial charge >= 0.3 is 0 Å². The summed E-state index contributed by atoms with van der Waals surface area (Å²) in [5, 5.41) is 3.12. The molecule has 1 heterocycles. The normalized spacial score (nSPS) is 16.1. The van der Waals surface area contributed by atoms with E-state index in [9.17, 15) is 0 Å². The molecule has 2 aromatic rings. The number of guanidine groups is 1. The van der Waals surface area contributed by atoms with Crippen molar-refractivity contribution in [2.75, 3.05) is 18.4 Å². The molecule has 0 bridgehead atoms. The minimum Gasteiger partial charge on any atom is -0.370 e. The number of halogens is 1. The molecule has 0 spiro atoms. The molecule has 1 aliphatic heterocycles. The van der Waals surface area contributed by atoms with Crippen molar-refractivity contribution in [2.24, 2.45) is 16.6 Å². The highest BCUT2D eigenvalue weighted by atomic mass is 127. The zero-order valence-electron chi connectivity index (χ0n) is 15.4. The molecule has 0 aromatic heterocycles. The minimum absolute atomic E-state index is 0.